The van der Waals surface area contributed by atoms with Gasteiger partial charge in [0.05, 0.1) is 13.7 Å². The number of hydrogen-bond acceptors (Lipinski definition) is 5. The summed E-state index contributed by atoms with van der Waals surface area (Å²) in [4.78, 5) is 41.4. The van der Waals surface area contributed by atoms with Gasteiger partial charge < -0.3 is 19.3 Å². The number of carbonyl (C=O) groups is 3. The van der Waals surface area contributed by atoms with Crippen LogP contribution in [0.15, 0.2) is 24.3 Å². The monoisotopic (exact) mass is 391 g/mol. The Morgan fingerprint density at radius 1 is 1.21 bits per heavy atom. The molecule has 1 aromatic carbocycles. The number of hydrogen-bond donors (Lipinski definition) is 0. The third-order valence-corrected chi connectivity index (χ3v) is 4.28. The minimum absolute atomic E-state index is 0.0124. The Kier molecular flexibility index (Phi) is 6.88. The minimum Gasteiger partial charge on any atom is -0.497 e. The molecule has 1 saturated heterocycles. The summed E-state index contributed by atoms with van der Waals surface area (Å²) >= 11 is 0. The quantitative estimate of drug-likeness (QED) is 0.764. The average molecular weight is 391 g/mol. The van der Waals surface area contributed by atoms with Crippen LogP contribution < -0.4 is 4.74 Å². The summed E-state index contributed by atoms with van der Waals surface area (Å²) < 4.78 is 10.5. The van der Waals surface area contributed by atoms with Gasteiger partial charge in [-0.3, -0.25) is 14.5 Å². The van der Waals surface area contributed by atoms with Gasteiger partial charge in [0.2, 0.25) is 11.8 Å². The van der Waals surface area contributed by atoms with E-state index in [1.807, 2.05) is 24.3 Å². The van der Waals surface area contributed by atoms with Crippen molar-refractivity contribution in [2.45, 2.75) is 32.9 Å². The van der Waals surface area contributed by atoms with Crippen LogP contribution in [-0.2, 0) is 20.9 Å². The van der Waals surface area contributed by atoms with Crippen LogP contribution in [0.25, 0.3) is 0 Å². The molecule has 154 valence electrons. The normalized spacial score (nSPS) is 14.7. The summed E-state index contributed by atoms with van der Waals surface area (Å²) in [6.45, 7) is 6.30. The molecule has 0 spiro atoms. The van der Waals surface area contributed by atoms with Gasteiger partial charge in [-0.05, 0) is 38.5 Å². The van der Waals surface area contributed by atoms with Gasteiger partial charge in [-0.25, -0.2) is 4.79 Å². The zero-order chi connectivity index (χ0) is 20.9. The van der Waals surface area contributed by atoms with E-state index in [1.165, 1.54) is 9.80 Å². The number of piperazine rings is 1. The van der Waals surface area contributed by atoms with Crippen LogP contribution in [0.2, 0.25) is 0 Å². The number of likely N-dealkylation sites (N-methyl/N-ethyl adjacent to an activating group) is 1. The lowest BCUT2D eigenvalue weighted by molar-refractivity contribution is -0.143. The van der Waals surface area contributed by atoms with E-state index in [2.05, 4.69) is 0 Å². The highest BCUT2D eigenvalue weighted by Crippen LogP contribution is 2.15. The smallest absolute Gasteiger partial charge is 0.410 e. The Morgan fingerprint density at radius 2 is 1.93 bits per heavy atom. The number of benzene rings is 1. The van der Waals surface area contributed by atoms with Crippen LogP contribution >= 0.6 is 0 Å². The summed E-state index contributed by atoms with van der Waals surface area (Å²) in [6, 6.07) is 7.49. The molecule has 0 unspecified atom stereocenters. The van der Waals surface area contributed by atoms with Crippen LogP contribution in [0.1, 0.15) is 26.3 Å². The van der Waals surface area contributed by atoms with Gasteiger partial charge in [0.15, 0.2) is 0 Å². The van der Waals surface area contributed by atoms with E-state index in [0.717, 1.165) is 11.3 Å². The molecular formula is C20H29N3O5. The van der Waals surface area contributed by atoms with Crippen molar-refractivity contribution in [3.63, 3.8) is 0 Å². The zero-order valence-corrected chi connectivity index (χ0v) is 17.2. The lowest BCUT2D eigenvalue weighted by Crippen LogP contribution is -2.55. The molecule has 0 bridgehead atoms. The first kappa shape index (κ1) is 21.5. The third kappa shape index (κ3) is 6.14. The lowest BCUT2D eigenvalue weighted by Gasteiger charge is -2.35. The molecule has 0 aliphatic carbocycles. The van der Waals surface area contributed by atoms with Crippen molar-refractivity contribution in [1.29, 1.82) is 0 Å². The first-order valence-electron chi connectivity index (χ1n) is 9.21. The molecule has 0 aromatic heterocycles. The molecule has 8 heteroatoms. The van der Waals surface area contributed by atoms with Crippen molar-refractivity contribution in [3.05, 3.63) is 29.8 Å². The number of rotatable bonds is 5. The molecular weight excluding hydrogens is 362 g/mol. The Morgan fingerprint density at radius 3 is 2.54 bits per heavy atom. The topological polar surface area (TPSA) is 79.4 Å². The summed E-state index contributed by atoms with van der Waals surface area (Å²) in [5, 5.41) is 0. The predicted octanol–water partition coefficient (Wildman–Crippen LogP) is 1.73. The maximum absolute atomic E-state index is 12.5. The van der Waals surface area contributed by atoms with Crippen LogP contribution in [0, 0.1) is 0 Å². The molecule has 1 heterocycles. The predicted molar refractivity (Wildman–Crippen MR) is 104 cm³/mol. The highest BCUT2D eigenvalue weighted by molar-refractivity contribution is 5.88. The Balaban J connectivity index is 1.87. The highest BCUT2D eigenvalue weighted by atomic mass is 16.6. The van der Waals surface area contributed by atoms with Gasteiger partial charge in [0.1, 0.15) is 17.9 Å². The molecule has 0 atom stereocenters. The molecule has 8 nitrogen and oxygen atoms in total. The second kappa shape index (κ2) is 8.95. The number of ether oxygens (including phenoxy) is 2. The molecule has 28 heavy (non-hydrogen) atoms. The van der Waals surface area contributed by atoms with E-state index < -0.39 is 11.7 Å². The van der Waals surface area contributed by atoms with Crippen molar-refractivity contribution < 1.29 is 23.9 Å². The first-order chi connectivity index (χ1) is 13.1. The second-order valence-corrected chi connectivity index (χ2v) is 7.82. The molecule has 1 aromatic rings. The number of carbonyl (C=O) groups excluding carboxylic acids is 3. The van der Waals surface area contributed by atoms with E-state index in [1.54, 1.807) is 39.8 Å². The van der Waals surface area contributed by atoms with Gasteiger partial charge in [0, 0.05) is 26.7 Å². The van der Waals surface area contributed by atoms with E-state index in [4.69, 9.17) is 9.47 Å². The average Bonchev–Trinajstić information content (AvgIpc) is 2.61. The van der Waals surface area contributed by atoms with Gasteiger partial charge >= 0.3 is 6.09 Å². The molecule has 2 rings (SSSR count). The van der Waals surface area contributed by atoms with Crippen molar-refractivity contribution in [3.8, 4) is 5.75 Å². The van der Waals surface area contributed by atoms with Crippen molar-refractivity contribution >= 4 is 17.9 Å². The van der Waals surface area contributed by atoms with Gasteiger partial charge in [-0.1, -0.05) is 12.1 Å². The number of nitrogens with zero attached hydrogens (tertiary/aromatic N) is 3. The van der Waals surface area contributed by atoms with Gasteiger partial charge in [0.25, 0.3) is 0 Å². The van der Waals surface area contributed by atoms with Gasteiger partial charge in [-0.2, -0.15) is 0 Å². The maximum atomic E-state index is 12.5. The fourth-order valence-corrected chi connectivity index (χ4v) is 2.77. The highest BCUT2D eigenvalue weighted by Gasteiger charge is 2.31. The van der Waals surface area contributed by atoms with E-state index >= 15 is 0 Å². The van der Waals surface area contributed by atoms with E-state index in [9.17, 15) is 14.4 Å². The summed E-state index contributed by atoms with van der Waals surface area (Å²) in [5.74, 6) is 0.300. The number of amides is 3. The molecule has 0 radical (unpaired) electrons. The standard InChI is InChI=1S/C20H29N3O5/c1-20(2,3)28-19(26)23-10-9-22(18(25)14-23)13-17(24)21(4)12-15-7-6-8-16(11-15)27-5/h6-8,11H,9-10,12-14H2,1-5H3. The summed E-state index contributed by atoms with van der Waals surface area (Å²) in [5.41, 5.74) is 0.326. The number of methoxy groups -OCH3 is 1. The molecule has 1 fully saturated rings. The van der Waals surface area contributed by atoms with E-state index in [-0.39, 0.29) is 24.9 Å². The van der Waals surface area contributed by atoms with Gasteiger partial charge in [-0.15, -0.1) is 0 Å². The maximum Gasteiger partial charge on any atom is 0.410 e. The van der Waals surface area contributed by atoms with Crippen LogP contribution in [-0.4, -0.2) is 78.5 Å². The summed E-state index contributed by atoms with van der Waals surface area (Å²) in [6.07, 6.45) is -0.512. The van der Waals surface area contributed by atoms with Crippen LogP contribution in [0.4, 0.5) is 4.79 Å². The Hall–Kier alpha value is -2.77. The Bertz CT molecular complexity index is 729. The molecule has 3 amide bonds. The molecule has 1 aliphatic rings. The SMILES string of the molecule is COc1cccc(CN(C)C(=O)CN2CCN(C(=O)OC(C)(C)C)CC2=O)c1. The van der Waals surface area contributed by atoms with Crippen LogP contribution in [0.5, 0.6) is 5.75 Å². The fourth-order valence-electron chi connectivity index (χ4n) is 2.77. The largest absolute Gasteiger partial charge is 0.497 e. The first-order valence-corrected chi connectivity index (χ1v) is 9.21. The van der Waals surface area contributed by atoms with E-state index in [0.29, 0.717) is 19.6 Å². The van der Waals surface area contributed by atoms with Crippen LogP contribution in [0.3, 0.4) is 0 Å². The molecule has 1 aliphatic heterocycles. The lowest BCUT2D eigenvalue weighted by atomic mass is 10.2. The minimum atomic E-state index is -0.615. The molecule has 0 saturated carbocycles. The van der Waals surface area contributed by atoms with Crippen molar-refractivity contribution in [2.75, 3.05) is 40.3 Å². The third-order valence-electron chi connectivity index (χ3n) is 4.28. The Labute approximate surface area is 166 Å². The second-order valence-electron chi connectivity index (χ2n) is 7.82. The van der Waals surface area contributed by atoms with Crippen molar-refractivity contribution in [2.24, 2.45) is 0 Å². The summed E-state index contributed by atoms with van der Waals surface area (Å²) in [7, 11) is 3.29. The van der Waals surface area contributed by atoms with Crippen molar-refractivity contribution in [1.82, 2.24) is 14.7 Å². The fraction of sp³-hybridized carbons (Fsp3) is 0.550. The molecule has 0 N–H and O–H groups in total. The zero-order valence-electron chi connectivity index (χ0n) is 17.2.